The molecule has 6 aliphatic carbocycles. The van der Waals surface area contributed by atoms with Crippen LogP contribution in [0, 0.1) is 34.5 Å². The average Bonchev–Trinajstić information content (AvgIpc) is 3.96. The average molecular weight is 789 g/mol. The second-order valence-electron chi connectivity index (χ2n) is 16.8. The summed E-state index contributed by atoms with van der Waals surface area (Å²) in [6.07, 6.45) is 26.7. The van der Waals surface area contributed by atoms with Crippen molar-refractivity contribution in [3.8, 4) is 12.1 Å². The Hall–Kier alpha value is -5.42. The van der Waals surface area contributed by atoms with Gasteiger partial charge in [0.05, 0.1) is 0 Å². The Bertz CT molecular complexity index is 2640. The molecule has 0 bridgehead atoms. The number of imide groups is 2. The van der Waals surface area contributed by atoms with Crippen molar-refractivity contribution in [2.45, 2.75) is 82.0 Å². The molecule has 0 aromatic carbocycles. The molecule has 284 valence electrons. The Kier molecular flexibility index (Phi) is 8.07. The van der Waals surface area contributed by atoms with E-state index in [4.69, 9.17) is 0 Å². The second kappa shape index (κ2) is 12.8. The van der Waals surface area contributed by atoms with E-state index in [1.54, 1.807) is 29.6 Å². The van der Waals surface area contributed by atoms with Gasteiger partial charge in [-0.3, -0.25) is 29.0 Å². The van der Waals surface area contributed by atoms with Crippen LogP contribution in [0.5, 0.6) is 0 Å². The molecule has 2 atom stereocenters. The maximum Gasteiger partial charge on any atom is 0.271 e. The van der Waals surface area contributed by atoms with Crippen molar-refractivity contribution >= 4 is 69.6 Å². The number of likely N-dealkylation sites (N-methyl/N-ethyl adjacent to an activating group) is 2. The van der Waals surface area contributed by atoms with Crippen LogP contribution in [0.25, 0.3) is 23.3 Å². The summed E-state index contributed by atoms with van der Waals surface area (Å²) in [5.41, 5.74) is 9.24. The number of thiophene rings is 2. The third-order valence-corrected chi connectivity index (χ3v) is 16.2. The number of carbonyl (C=O) groups is 4. The first kappa shape index (κ1) is 36.0. The van der Waals surface area contributed by atoms with E-state index in [-0.39, 0.29) is 39.7 Å². The first-order valence-corrected chi connectivity index (χ1v) is 21.6. The molecule has 4 heterocycles. The van der Waals surface area contributed by atoms with Crippen LogP contribution in [0.15, 0.2) is 81.5 Å². The van der Waals surface area contributed by atoms with Gasteiger partial charge < -0.3 is 0 Å². The Morgan fingerprint density at radius 3 is 1.68 bits per heavy atom. The molecule has 0 saturated heterocycles. The van der Waals surface area contributed by atoms with E-state index in [9.17, 15) is 29.7 Å². The highest BCUT2D eigenvalue weighted by Gasteiger charge is 2.52. The van der Waals surface area contributed by atoms with Crippen molar-refractivity contribution in [1.82, 2.24) is 9.80 Å². The minimum absolute atomic E-state index is 0.0154. The molecular weight excluding hydrogens is 749 g/mol. The van der Waals surface area contributed by atoms with Crippen molar-refractivity contribution in [3.05, 3.63) is 112 Å². The number of hydrogen-bond acceptors (Lipinski definition) is 8. The van der Waals surface area contributed by atoms with Crippen LogP contribution in [-0.2, 0) is 30.0 Å². The summed E-state index contributed by atoms with van der Waals surface area (Å²) in [7, 11) is 2.87. The third-order valence-electron chi connectivity index (χ3n) is 14.0. The number of fused-ring (bicyclic) bond motifs is 11. The molecule has 8 aliphatic rings. The Morgan fingerprint density at radius 2 is 1.18 bits per heavy atom. The highest BCUT2D eigenvalue weighted by Crippen LogP contribution is 2.65. The SMILES string of the molecule is CC1=C(C#N)C(=O)N(C)C(=O)/C1=C\c1cc2c(s1)C1=CC3C=C4C(=CC3C=C1C21CCCCC1)c1sc(/C=C2/C=C(C#N)C(=O)N(C)C2=O)cc1C41CCCCC1. The molecule has 2 aromatic heterocycles. The van der Waals surface area contributed by atoms with E-state index in [1.165, 1.54) is 76.2 Å². The molecule has 2 fully saturated rings. The maximum absolute atomic E-state index is 13.3. The standard InChI is InChI=1S/C47H40N4O4S2/c1-25-32(44(54)51(3)45(55)35(25)24-49)20-31-22-39-41(57-31)34-17-27-18-36-33(16-26(27)19-37(34)47(39)12-8-5-9-13-47)40-38(46(36)10-6-4-7-11-46)21-30(56-40)15-28-14-29(23-48)43(53)50(2)42(28)52/h14-22,26-27H,4-13H2,1-3H3/b28-15-,32-20-. The lowest BCUT2D eigenvalue weighted by atomic mass is 9.63. The number of hydrogen-bond donors (Lipinski definition) is 0. The van der Waals surface area contributed by atoms with Gasteiger partial charge in [0.1, 0.15) is 23.3 Å². The summed E-state index contributed by atoms with van der Waals surface area (Å²) in [6.45, 7) is 1.70. The van der Waals surface area contributed by atoms with Crippen LogP contribution in [0.3, 0.4) is 0 Å². The van der Waals surface area contributed by atoms with Gasteiger partial charge in [0.25, 0.3) is 23.6 Å². The highest BCUT2D eigenvalue weighted by atomic mass is 32.1. The molecule has 8 nitrogen and oxygen atoms in total. The van der Waals surface area contributed by atoms with Gasteiger partial charge in [-0.15, -0.1) is 22.7 Å². The highest BCUT2D eigenvalue weighted by molar-refractivity contribution is 7.14. The molecule has 10 rings (SSSR count). The van der Waals surface area contributed by atoms with E-state index in [0.717, 1.165) is 70.9 Å². The van der Waals surface area contributed by atoms with Gasteiger partial charge >= 0.3 is 0 Å². The molecule has 0 radical (unpaired) electrons. The molecule has 2 saturated carbocycles. The Balaban J connectivity index is 1.07. The zero-order valence-electron chi connectivity index (χ0n) is 32.2. The molecule has 0 N–H and O–H groups in total. The summed E-state index contributed by atoms with van der Waals surface area (Å²) >= 11 is 3.43. The minimum atomic E-state index is -0.569. The fourth-order valence-electron chi connectivity index (χ4n) is 11.1. The molecule has 2 unspecified atom stereocenters. The van der Waals surface area contributed by atoms with Crippen molar-refractivity contribution in [1.29, 1.82) is 10.5 Å². The lowest BCUT2D eigenvalue weighted by molar-refractivity contribution is -0.140. The Labute approximate surface area is 339 Å². The zero-order chi connectivity index (χ0) is 39.5. The monoisotopic (exact) mass is 788 g/mol. The number of carbonyl (C=O) groups excluding carboxylic acids is 4. The summed E-state index contributed by atoms with van der Waals surface area (Å²) < 4.78 is 0. The van der Waals surface area contributed by atoms with Gasteiger partial charge in [-0.2, -0.15) is 10.5 Å². The first-order valence-electron chi connectivity index (χ1n) is 20.0. The van der Waals surface area contributed by atoms with Crippen LogP contribution in [-0.4, -0.2) is 47.5 Å². The van der Waals surface area contributed by atoms with E-state index in [1.807, 2.05) is 24.3 Å². The van der Waals surface area contributed by atoms with Crippen molar-refractivity contribution in [3.63, 3.8) is 0 Å². The molecular formula is C47H40N4O4S2. The summed E-state index contributed by atoms with van der Waals surface area (Å²) in [5.74, 6) is -1.48. The number of rotatable bonds is 2. The molecule has 2 aromatic rings. The number of amides is 4. The number of nitriles is 2. The van der Waals surface area contributed by atoms with Crippen LogP contribution in [0.1, 0.15) is 102 Å². The van der Waals surface area contributed by atoms with E-state index in [0.29, 0.717) is 16.7 Å². The first-order chi connectivity index (χ1) is 27.5. The van der Waals surface area contributed by atoms with Crippen molar-refractivity contribution in [2.24, 2.45) is 11.8 Å². The molecule has 4 amide bonds. The van der Waals surface area contributed by atoms with Gasteiger partial charge in [-0.25, -0.2) is 0 Å². The second-order valence-corrected chi connectivity index (χ2v) is 19.0. The smallest absolute Gasteiger partial charge is 0.271 e. The molecule has 57 heavy (non-hydrogen) atoms. The fraction of sp³-hybridized carbons (Fsp3) is 0.362. The van der Waals surface area contributed by atoms with Gasteiger partial charge in [0, 0.05) is 67.4 Å². The quantitative estimate of drug-likeness (QED) is 0.221. The zero-order valence-corrected chi connectivity index (χ0v) is 33.8. The van der Waals surface area contributed by atoms with Gasteiger partial charge in [-0.1, -0.05) is 62.8 Å². The lowest BCUT2D eigenvalue weighted by Gasteiger charge is -2.40. The summed E-state index contributed by atoms with van der Waals surface area (Å²) in [4.78, 5) is 58.2. The van der Waals surface area contributed by atoms with E-state index < -0.39 is 17.7 Å². The predicted octanol–water partition coefficient (Wildman–Crippen LogP) is 8.87. The number of nitrogens with zero attached hydrogens (tertiary/aromatic N) is 4. The fourth-order valence-corrected chi connectivity index (χ4v) is 13.6. The van der Waals surface area contributed by atoms with Crippen molar-refractivity contribution < 1.29 is 19.2 Å². The van der Waals surface area contributed by atoms with Crippen LogP contribution < -0.4 is 0 Å². The summed E-state index contributed by atoms with van der Waals surface area (Å²) in [5, 5.41) is 19.3. The van der Waals surface area contributed by atoms with Crippen LogP contribution in [0.4, 0.5) is 0 Å². The Morgan fingerprint density at radius 1 is 0.667 bits per heavy atom. The lowest BCUT2D eigenvalue weighted by Crippen LogP contribution is -2.39. The van der Waals surface area contributed by atoms with Crippen LogP contribution in [0.2, 0.25) is 0 Å². The molecule has 2 aliphatic heterocycles. The normalized spacial score (nSPS) is 27.0. The van der Waals surface area contributed by atoms with Gasteiger partial charge in [0.15, 0.2) is 0 Å². The third kappa shape index (κ3) is 5.00. The van der Waals surface area contributed by atoms with Gasteiger partial charge in [-0.05, 0) is 102 Å². The summed E-state index contributed by atoms with van der Waals surface area (Å²) in [6, 6.07) is 8.52. The molecule has 10 heteroatoms. The molecule has 2 spiro atoms. The van der Waals surface area contributed by atoms with Crippen LogP contribution >= 0.6 is 22.7 Å². The maximum atomic E-state index is 13.3. The van der Waals surface area contributed by atoms with Crippen molar-refractivity contribution in [2.75, 3.05) is 14.1 Å². The predicted molar refractivity (Wildman–Crippen MR) is 221 cm³/mol. The van der Waals surface area contributed by atoms with E-state index in [2.05, 4.69) is 36.4 Å². The van der Waals surface area contributed by atoms with Gasteiger partial charge in [0.2, 0.25) is 0 Å². The minimum Gasteiger partial charge on any atom is -0.277 e. The topological polar surface area (TPSA) is 122 Å². The number of allylic oxidation sites excluding steroid dienone is 8. The van der Waals surface area contributed by atoms with E-state index >= 15 is 0 Å². The largest absolute Gasteiger partial charge is 0.277 e.